The van der Waals surface area contributed by atoms with Crippen LogP contribution >= 0.6 is 0 Å². The van der Waals surface area contributed by atoms with Gasteiger partial charge < -0.3 is 94.2 Å². The molecule has 2 heterocycles. The molecule has 0 saturated heterocycles. The first-order valence-corrected chi connectivity index (χ1v) is 26.8. The van der Waals surface area contributed by atoms with Crippen LogP contribution in [0, 0.1) is 5.92 Å². The van der Waals surface area contributed by atoms with Crippen molar-refractivity contribution in [1.82, 2.24) is 57.8 Å². The topological polar surface area (TPSA) is 543 Å². The number of para-hydroxylation sites is 2. The van der Waals surface area contributed by atoms with Crippen LogP contribution in [-0.2, 0) is 84.8 Å². The number of carbonyl (C=O) groups is 15. The summed E-state index contributed by atoms with van der Waals surface area (Å²) in [6.07, 6.45) is -3.34. The Balaban J connectivity index is 1.52. The molecule has 4 aromatic rings. The lowest BCUT2D eigenvalue weighted by Gasteiger charge is -2.27. The minimum absolute atomic E-state index is 0.0492. The van der Waals surface area contributed by atoms with Gasteiger partial charge in [0, 0.05) is 47.0 Å². The maximum Gasteiger partial charge on any atom is 0.326 e. The van der Waals surface area contributed by atoms with Gasteiger partial charge in [-0.2, -0.15) is 0 Å². The number of aromatic nitrogens is 2. The smallest absolute Gasteiger partial charge is 0.326 e. The summed E-state index contributed by atoms with van der Waals surface area (Å²) >= 11 is 0. The first kappa shape index (κ1) is 69.0. The highest BCUT2D eigenvalue weighted by Gasteiger charge is 2.37. The highest BCUT2D eigenvalue weighted by atomic mass is 16.4. The van der Waals surface area contributed by atoms with E-state index in [0.29, 0.717) is 22.0 Å². The molecule has 19 N–H and O–H groups in total. The van der Waals surface area contributed by atoms with E-state index in [0.717, 1.165) is 17.8 Å². The van der Waals surface area contributed by atoms with Crippen molar-refractivity contribution in [2.45, 2.75) is 133 Å². The van der Waals surface area contributed by atoms with Crippen LogP contribution in [0.3, 0.4) is 0 Å². The number of carbonyl (C=O) groups excluding carboxylic acids is 9. The van der Waals surface area contributed by atoms with Crippen LogP contribution < -0.4 is 53.6 Å². The van der Waals surface area contributed by atoms with E-state index in [1.807, 2.05) is 22.8 Å². The summed E-state index contributed by atoms with van der Waals surface area (Å²) in [4.78, 5) is 199. The van der Waals surface area contributed by atoms with Gasteiger partial charge in [-0.25, -0.2) is 4.79 Å². The number of fused-ring (bicyclic) bond motifs is 2. The maximum atomic E-state index is 14.3. The zero-order chi connectivity index (χ0) is 64.8. The number of rotatable bonds is 36. The molecule has 33 nitrogen and oxygen atoms in total. The number of nitrogens with one attached hydrogen (secondary N) is 11. The molecule has 87 heavy (non-hydrogen) atoms. The predicted octanol–water partition coefficient (Wildman–Crippen LogP) is -3.33. The minimum Gasteiger partial charge on any atom is -0.481 e. The summed E-state index contributed by atoms with van der Waals surface area (Å²) in [5.74, 6) is -21.7. The van der Waals surface area contributed by atoms with Gasteiger partial charge in [0.25, 0.3) is 0 Å². The normalized spacial score (nSPS) is 14.5. The van der Waals surface area contributed by atoms with E-state index in [-0.39, 0.29) is 12.8 Å². The van der Waals surface area contributed by atoms with Crippen LogP contribution in [0.5, 0.6) is 0 Å². The minimum atomic E-state index is -2.20. The van der Waals surface area contributed by atoms with E-state index in [2.05, 4.69) is 47.2 Å². The molecule has 0 aliphatic rings. The monoisotopic (exact) mass is 1220 g/mol. The second-order valence-corrected chi connectivity index (χ2v) is 20.1. The fourth-order valence-electron chi connectivity index (χ4n) is 8.68. The Morgan fingerprint density at radius 2 is 0.851 bits per heavy atom. The van der Waals surface area contributed by atoms with Crippen molar-refractivity contribution in [2.24, 2.45) is 11.7 Å². The summed E-state index contributed by atoms with van der Waals surface area (Å²) in [5, 5.41) is 78.5. The standard InChI is InChI=1S/C54H68N12O21/c1-4-24(2)45(54(86)87)66-53(85)38(20-44(76)77)63-48(80)33(13-14-40(68)69)61-46(78)25(3)59-49(81)36(18-42(72)73)64-52(84)37(19-43(74)75)65-50(82)34(16-27-22-57-32-12-8-6-10-29(27)32)62-51(83)35(17-41(70)71)60-39(67)23-58-47(79)30(55)15-26-21-56-31-11-7-5-9-28(26)31/h5-12,21-22,24-25,30,33-38,45,56-57H,4,13-20,23,55H2,1-3H3,(H,58,79)(H,59,81)(H,60,67)(H,61,78)(H,62,83)(H,63,80)(H,64,84)(H,65,82)(H,66,85)(H,68,69)(H,70,71)(H,72,73)(H,74,75)(H,76,77)(H,86,87)/t24-,25-,30-,33-,34-,35-,36-,37-,38-,45-/m0/s1. The van der Waals surface area contributed by atoms with E-state index < -0.39 is 201 Å². The quantitative estimate of drug-likeness (QED) is 0.0212. The number of amides is 9. The molecule has 9 amide bonds. The Bertz CT molecular complexity index is 3250. The van der Waals surface area contributed by atoms with Crippen molar-refractivity contribution >= 4 is 111 Å². The lowest BCUT2D eigenvalue weighted by Crippen LogP contribution is -2.60. The fraction of sp³-hybridized carbons (Fsp3) is 0.426. The number of carboxylic acid groups (broad SMARTS) is 6. The van der Waals surface area contributed by atoms with Crippen molar-refractivity contribution in [1.29, 1.82) is 0 Å². The molecular weight excluding hydrogens is 1150 g/mol. The van der Waals surface area contributed by atoms with Crippen molar-refractivity contribution in [3.05, 3.63) is 72.1 Å². The second-order valence-electron chi connectivity index (χ2n) is 20.1. The highest BCUT2D eigenvalue weighted by molar-refractivity contribution is 6.01. The van der Waals surface area contributed by atoms with Crippen LogP contribution in [0.25, 0.3) is 21.8 Å². The second kappa shape index (κ2) is 32.6. The summed E-state index contributed by atoms with van der Waals surface area (Å²) in [6, 6.07) is -2.74. The average molecular weight is 1220 g/mol. The first-order chi connectivity index (χ1) is 41.0. The zero-order valence-electron chi connectivity index (χ0n) is 47.0. The largest absolute Gasteiger partial charge is 0.481 e. The number of H-pyrrole nitrogens is 2. The van der Waals surface area contributed by atoms with Gasteiger partial charge in [-0.15, -0.1) is 0 Å². The molecule has 0 bridgehead atoms. The van der Waals surface area contributed by atoms with Gasteiger partial charge in [-0.05, 0) is 48.9 Å². The number of hydrogen-bond acceptors (Lipinski definition) is 16. The Morgan fingerprint density at radius 1 is 0.460 bits per heavy atom. The molecule has 0 aliphatic heterocycles. The first-order valence-electron chi connectivity index (χ1n) is 26.8. The van der Waals surface area contributed by atoms with Crippen molar-refractivity contribution < 1.29 is 103 Å². The van der Waals surface area contributed by atoms with Gasteiger partial charge >= 0.3 is 35.8 Å². The third-order valence-electron chi connectivity index (χ3n) is 13.5. The molecule has 33 heteroatoms. The van der Waals surface area contributed by atoms with Crippen LogP contribution in [0.15, 0.2) is 60.9 Å². The van der Waals surface area contributed by atoms with Crippen LogP contribution in [0.4, 0.5) is 0 Å². The number of aliphatic carboxylic acids is 6. The molecular formula is C54H68N12O21. The number of hydrogen-bond donors (Lipinski definition) is 18. The molecule has 0 radical (unpaired) electrons. The Hall–Kier alpha value is -10.5. The fourth-order valence-corrected chi connectivity index (χ4v) is 8.68. The molecule has 4 rings (SSSR count). The summed E-state index contributed by atoms with van der Waals surface area (Å²) in [6.45, 7) is 3.26. The molecule has 0 fully saturated rings. The third kappa shape index (κ3) is 21.6. The van der Waals surface area contributed by atoms with Gasteiger partial charge in [0.05, 0.1) is 38.3 Å². The van der Waals surface area contributed by atoms with Gasteiger partial charge in [-0.1, -0.05) is 56.7 Å². The molecule has 0 spiro atoms. The summed E-state index contributed by atoms with van der Waals surface area (Å²) < 4.78 is 0. The molecule has 470 valence electrons. The van der Waals surface area contributed by atoms with E-state index in [4.69, 9.17) is 5.73 Å². The van der Waals surface area contributed by atoms with Crippen molar-refractivity contribution in [2.75, 3.05) is 6.54 Å². The Morgan fingerprint density at radius 3 is 1.30 bits per heavy atom. The predicted molar refractivity (Wildman–Crippen MR) is 299 cm³/mol. The summed E-state index contributed by atoms with van der Waals surface area (Å²) in [5.41, 5.74) is 8.47. The molecule has 2 aromatic heterocycles. The lowest BCUT2D eigenvalue weighted by molar-refractivity contribution is -0.145. The van der Waals surface area contributed by atoms with E-state index >= 15 is 0 Å². The number of benzene rings is 2. The Kier molecular flexibility index (Phi) is 25.8. The molecule has 10 atom stereocenters. The summed E-state index contributed by atoms with van der Waals surface area (Å²) in [7, 11) is 0. The van der Waals surface area contributed by atoms with Gasteiger partial charge in [0.1, 0.15) is 48.3 Å². The molecule has 2 aromatic carbocycles. The number of aromatic amines is 2. The number of carboxylic acids is 6. The van der Waals surface area contributed by atoms with Crippen molar-refractivity contribution in [3.63, 3.8) is 0 Å². The lowest BCUT2D eigenvalue weighted by atomic mass is 9.98. The van der Waals surface area contributed by atoms with Crippen molar-refractivity contribution in [3.8, 4) is 0 Å². The van der Waals surface area contributed by atoms with E-state index in [1.54, 1.807) is 49.5 Å². The van der Waals surface area contributed by atoms with Gasteiger partial charge in [0.15, 0.2) is 0 Å². The molecule has 0 saturated carbocycles. The SMILES string of the molecule is CC[C@H](C)[C@H](NC(=O)[C@H](CC(=O)O)NC(=O)[C@H](CCC(=O)O)NC(=O)[C@H](C)NC(=O)[C@H](CC(=O)O)NC(=O)[C@H](CC(=O)O)NC(=O)[C@H](Cc1c[nH]c2ccccc12)NC(=O)[C@H](CC(=O)O)NC(=O)CNC(=O)[C@@H](N)Cc1c[nH]c2ccccc12)C(=O)O. The zero-order valence-corrected chi connectivity index (χ0v) is 47.0. The van der Waals surface area contributed by atoms with Crippen LogP contribution in [0.1, 0.15) is 76.8 Å². The maximum absolute atomic E-state index is 14.3. The van der Waals surface area contributed by atoms with Gasteiger partial charge in [0.2, 0.25) is 53.2 Å². The van der Waals surface area contributed by atoms with Gasteiger partial charge in [-0.3, -0.25) is 67.1 Å². The van der Waals surface area contributed by atoms with Crippen LogP contribution in [0.2, 0.25) is 0 Å². The van der Waals surface area contributed by atoms with Crippen LogP contribution in [-0.4, -0.2) is 191 Å². The highest BCUT2D eigenvalue weighted by Crippen LogP contribution is 2.21. The average Bonchev–Trinajstić information content (AvgIpc) is 3.57. The molecule has 0 aliphatic carbocycles. The molecule has 0 unspecified atom stereocenters. The number of nitrogens with two attached hydrogens (primary N) is 1. The van der Waals surface area contributed by atoms with E-state index in [1.165, 1.54) is 13.1 Å². The Labute approximate surface area is 493 Å². The third-order valence-corrected chi connectivity index (χ3v) is 13.5. The van der Waals surface area contributed by atoms with E-state index in [9.17, 15) is 103 Å².